The number of nitrogens with zero attached hydrogens (tertiary/aromatic N) is 1. The summed E-state index contributed by atoms with van der Waals surface area (Å²) >= 11 is 1.03. The third kappa shape index (κ3) is 4.42. The van der Waals surface area contributed by atoms with Crippen LogP contribution in [0.2, 0.25) is 0 Å². The highest BCUT2D eigenvalue weighted by molar-refractivity contribution is 7.07. The molecule has 0 aliphatic rings. The number of thiazole rings is 1. The van der Waals surface area contributed by atoms with E-state index in [2.05, 4.69) is 20.6 Å². The summed E-state index contributed by atoms with van der Waals surface area (Å²) in [5, 5.41) is 15.5. The molecule has 2 heterocycles. The normalized spacial score (nSPS) is 10.1. The summed E-state index contributed by atoms with van der Waals surface area (Å²) in [7, 11) is 0. The predicted molar refractivity (Wildman–Crippen MR) is 75.2 cm³/mol. The van der Waals surface area contributed by atoms with E-state index in [0.29, 0.717) is 11.3 Å². The SMILES string of the molecule is O=C(NCc1ccc(C(=O)O)nc1)NCc1csc(=O)[nH]1. The van der Waals surface area contributed by atoms with Crippen LogP contribution in [0.25, 0.3) is 0 Å². The molecule has 0 fully saturated rings. The number of carbonyl (C=O) groups excluding carboxylic acids is 1. The molecule has 9 heteroatoms. The summed E-state index contributed by atoms with van der Waals surface area (Å²) in [5.74, 6) is -1.10. The molecular weight excluding hydrogens is 296 g/mol. The minimum atomic E-state index is -1.10. The Hall–Kier alpha value is -2.68. The number of H-pyrrole nitrogens is 1. The first-order chi connectivity index (χ1) is 10.0. The Labute approximate surface area is 122 Å². The molecule has 0 saturated carbocycles. The zero-order valence-electron chi connectivity index (χ0n) is 10.8. The molecule has 0 atom stereocenters. The first kappa shape index (κ1) is 14.7. The van der Waals surface area contributed by atoms with Gasteiger partial charge in [0.05, 0.1) is 6.54 Å². The Morgan fingerprint density at radius 3 is 2.62 bits per heavy atom. The van der Waals surface area contributed by atoms with E-state index in [9.17, 15) is 14.4 Å². The van der Waals surface area contributed by atoms with Crippen LogP contribution >= 0.6 is 11.3 Å². The van der Waals surface area contributed by atoms with Gasteiger partial charge in [-0.15, -0.1) is 0 Å². The second kappa shape index (κ2) is 6.66. The van der Waals surface area contributed by atoms with Crippen LogP contribution in [0.3, 0.4) is 0 Å². The van der Waals surface area contributed by atoms with Gasteiger partial charge in [-0.05, 0) is 11.6 Å². The van der Waals surface area contributed by atoms with Crippen LogP contribution in [0.5, 0.6) is 0 Å². The Kier molecular flexibility index (Phi) is 4.67. The number of carbonyl (C=O) groups is 2. The van der Waals surface area contributed by atoms with Crippen molar-refractivity contribution in [3.05, 3.63) is 50.3 Å². The van der Waals surface area contributed by atoms with Gasteiger partial charge in [0.2, 0.25) is 0 Å². The van der Waals surface area contributed by atoms with Gasteiger partial charge in [-0.25, -0.2) is 14.6 Å². The highest BCUT2D eigenvalue weighted by Gasteiger charge is 2.05. The number of pyridine rings is 1. The molecule has 0 aromatic carbocycles. The van der Waals surface area contributed by atoms with Gasteiger partial charge < -0.3 is 20.7 Å². The van der Waals surface area contributed by atoms with Gasteiger partial charge in [0.25, 0.3) is 0 Å². The summed E-state index contributed by atoms with van der Waals surface area (Å²) < 4.78 is 0. The summed E-state index contributed by atoms with van der Waals surface area (Å²) in [6.07, 6.45) is 1.39. The first-order valence-electron chi connectivity index (χ1n) is 5.91. The summed E-state index contributed by atoms with van der Waals surface area (Å²) in [6.45, 7) is 0.444. The molecule has 0 radical (unpaired) electrons. The number of carboxylic acids is 1. The summed E-state index contributed by atoms with van der Waals surface area (Å²) in [6, 6.07) is 2.55. The lowest BCUT2D eigenvalue weighted by atomic mass is 10.2. The van der Waals surface area contributed by atoms with Crippen LogP contribution in [-0.4, -0.2) is 27.1 Å². The first-order valence-corrected chi connectivity index (χ1v) is 6.79. The van der Waals surface area contributed by atoms with E-state index in [1.165, 1.54) is 12.3 Å². The van der Waals surface area contributed by atoms with Crippen molar-refractivity contribution in [1.29, 1.82) is 0 Å². The molecule has 8 nitrogen and oxygen atoms in total. The second-order valence-corrected chi connectivity index (χ2v) is 4.91. The van der Waals surface area contributed by atoms with E-state index in [4.69, 9.17) is 5.11 Å². The Bertz CT molecular complexity index is 692. The lowest BCUT2D eigenvalue weighted by molar-refractivity contribution is 0.0690. The van der Waals surface area contributed by atoms with Crippen molar-refractivity contribution in [3.8, 4) is 0 Å². The highest BCUT2D eigenvalue weighted by atomic mass is 32.1. The van der Waals surface area contributed by atoms with Crippen molar-refractivity contribution >= 4 is 23.3 Å². The monoisotopic (exact) mass is 308 g/mol. The number of amides is 2. The minimum absolute atomic E-state index is 0.0513. The fourth-order valence-electron chi connectivity index (χ4n) is 1.48. The molecule has 2 amide bonds. The maximum atomic E-state index is 11.5. The molecular formula is C12H12N4O4S. The molecule has 2 aromatic heterocycles. The van der Waals surface area contributed by atoms with Gasteiger partial charge in [-0.1, -0.05) is 17.4 Å². The van der Waals surface area contributed by atoms with E-state index >= 15 is 0 Å². The zero-order valence-corrected chi connectivity index (χ0v) is 11.6. The fourth-order valence-corrected chi connectivity index (χ4v) is 2.06. The van der Waals surface area contributed by atoms with Crippen LogP contribution in [0.4, 0.5) is 4.79 Å². The van der Waals surface area contributed by atoms with Gasteiger partial charge in [0.15, 0.2) is 0 Å². The Balaban J connectivity index is 1.78. The quantitative estimate of drug-likeness (QED) is 0.641. The lowest BCUT2D eigenvalue weighted by Gasteiger charge is -2.06. The number of rotatable bonds is 5. The molecule has 4 N–H and O–H groups in total. The average Bonchev–Trinajstić information content (AvgIpc) is 2.89. The largest absolute Gasteiger partial charge is 0.477 e. The Morgan fingerprint density at radius 2 is 2.05 bits per heavy atom. The topological polar surface area (TPSA) is 124 Å². The van der Waals surface area contributed by atoms with E-state index in [1.807, 2.05) is 0 Å². The van der Waals surface area contributed by atoms with Crippen LogP contribution < -0.4 is 15.5 Å². The van der Waals surface area contributed by atoms with Crippen molar-refractivity contribution in [2.45, 2.75) is 13.1 Å². The maximum absolute atomic E-state index is 11.5. The molecule has 0 aliphatic heterocycles. The van der Waals surface area contributed by atoms with E-state index in [-0.39, 0.29) is 23.7 Å². The van der Waals surface area contributed by atoms with Gasteiger partial charge >= 0.3 is 16.9 Å². The maximum Gasteiger partial charge on any atom is 0.354 e. The highest BCUT2D eigenvalue weighted by Crippen LogP contribution is 2.00. The third-order valence-corrected chi connectivity index (χ3v) is 3.23. The smallest absolute Gasteiger partial charge is 0.354 e. The fraction of sp³-hybridized carbons (Fsp3) is 0.167. The zero-order chi connectivity index (χ0) is 15.2. The number of carboxylic acid groups (broad SMARTS) is 1. The molecule has 0 aliphatic carbocycles. The molecule has 0 unspecified atom stereocenters. The number of hydrogen-bond acceptors (Lipinski definition) is 5. The number of urea groups is 1. The number of aromatic carboxylic acids is 1. The van der Waals surface area contributed by atoms with Crippen LogP contribution in [-0.2, 0) is 13.1 Å². The third-order valence-electron chi connectivity index (χ3n) is 2.51. The van der Waals surface area contributed by atoms with E-state index in [0.717, 1.165) is 11.3 Å². The van der Waals surface area contributed by atoms with E-state index < -0.39 is 12.0 Å². The molecule has 110 valence electrons. The van der Waals surface area contributed by atoms with Crippen molar-refractivity contribution in [3.63, 3.8) is 0 Å². The average molecular weight is 308 g/mol. The van der Waals surface area contributed by atoms with Gasteiger partial charge in [0.1, 0.15) is 5.69 Å². The van der Waals surface area contributed by atoms with Crippen molar-refractivity contribution in [2.24, 2.45) is 0 Å². The molecule has 0 spiro atoms. The van der Waals surface area contributed by atoms with Crippen molar-refractivity contribution in [2.75, 3.05) is 0 Å². The minimum Gasteiger partial charge on any atom is -0.477 e. The van der Waals surface area contributed by atoms with Gasteiger partial charge in [0, 0.05) is 23.8 Å². The number of aromatic amines is 1. The molecule has 0 bridgehead atoms. The number of aromatic nitrogens is 2. The van der Waals surface area contributed by atoms with Crippen molar-refractivity contribution < 1.29 is 14.7 Å². The molecule has 2 rings (SSSR count). The predicted octanol–water partition coefficient (Wildman–Crippen LogP) is 0.529. The van der Waals surface area contributed by atoms with Gasteiger partial charge in [-0.2, -0.15) is 0 Å². The van der Waals surface area contributed by atoms with E-state index in [1.54, 1.807) is 11.4 Å². The van der Waals surface area contributed by atoms with Crippen LogP contribution in [0, 0.1) is 0 Å². The van der Waals surface area contributed by atoms with Gasteiger partial charge in [-0.3, -0.25) is 4.79 Å². The van der Waals surface area contributed by atoms with Crippen LogP contribution in [0.15, 0.2) is 28.5 Å². The second-order valence-electron chi connectivity index (χ2n) is 4.07. The molecule has 21 heavy (non-hydrogen) atoms. The number of nitrogens with one attached hydrogen (secondary N) is 3. The number of hydrogen-bond donors (Lipinski definition) is 4. The lowest BCUT2D eigenvalue weighted by Crippen LogP contribution is -2.34. The van der Waals surface area contributed by atoms with Crippen LogP contribution in [0.1, 0.15) is 21.7 Å². The van der Waals surface area contributed by atoms with Crippen molar-refractivity contribution in [1.82, 2.24) is 20.6 Å². The standard InChI is InChI=1S/C12H12N4O4S/c17-10(18)9-2-1-7(3-13-9)4-14-11(19)15-5-8-6-21-12(20)16-8/h1-3,6H,4-5H2,(H,16,20)(H,17,18)(H2,14,15,19). The summed E-state index contributed by atoms with van der Waals surface area (Å²) in [5.41, 5.74) is 1.26. The molecule has 0 saturated heterocycles. The molecule has 2 aromatic rings. The summed E-state index contributed by atoms with van der Waals surface area (Å²) in [4.78, 5) is 39.2. The Morgan fingerprint density at radius 1 is 1.29 bits per heavy atom.